The number of nitrogens with zero attached hydrogens (tertiary/aromatic N) is 3. The number of aryl methyl sites for hydroxylation is 1. The first-order valence-electron chi connectivity index (χ1n) is 8.58. The molecule has 1 aromatic carbocycles. The van der Waals surface area contributed by atoms with Gasteiger partial charge in [0.15, 0.2) is 0 Å². The second kappa shape index (κ2) is 7.71. The van der Waals surface area contributed by atoms with E-state index in [1.54, 1.807) is 14.2 Å². The molecule has 0 bridgehead atoms. The topological polar surface area (TPSA) is 39.5 Å². The summed E-state index contributed by atoms with van der Waals surface area (Å²) in [6, 6.07) is 6.12. The fourth-order valence-electron chi connectivity index (χ4n) is 3.53. The lowest BCUT2D eigenvalue weighted by molar-refractivity contribution is 0.165. The van der Waals surface area contributed by atoms with Gasteiger partial charge in [-0.25, -0.2) is 4.98 Å². The maximum absolute atomic E-state index is 5.38. The van der Waals surface area contributed by atoms with Crippen molar-refractivity contribution in [2.75, 3.05) is 27.3 Å². The molecule has 2 heterocycles. The number of rotatable bonds is 6. The number of hydrogen-bond acceptors (Lipinski definition) is 4. The Kier molecular flexibility index (Phi) is 5.41. The van der Waals surface area contributed by atoms with E-state index in [2.05, 4.69) is 33.6 Å². The molecule has 1 saturated heterocycles. The van der Waals surface area contributed by atoms with E-state index in [0.717, 1.165) is 37.6 Å². The smallest absolute Gasteiger partial charge is 0.122 e. The lowest BCUT2D eigenvalue weighted by Crippen LogP contribution is -2.36. The van der Waals surface area contributed by atoms with Crippen molar-refractivity contribution in [1.82, 2.24) is 14.5 Å². The summed E-state index contributed by atoms with van der Waals surface area (Å²) >= 11 is 0. The van der Waals surface area contributed by atoms with Crippen LogP contribution in [0.15, 0.2) is 30.6 Å². The van der Waals surface area contributed by atoms with Crippen molar-refractivity contribution in [3.8, 4) is 11.5 Å². The fourth-order valence-corrected chi connectivity index (χ4v) is 3.53. The summed E-state index contributed by atoms with van der Waals surface area (Å²) in [4.78, 5) is 7.01. The second-order valence-electron chi connectivity index (χ2n) is 6.62. The summed E-state index contributed by atoms with van der Waals surface area (Å²) < 4.78 is 12.9. The maximum atomic E-state index is 5.38. The Hall–Kier alpha value is -2.01. The highest BCUT2D eigenvalue weighted by Crippen LogP contribution is 2.26. The molecule has 1 fully saturated rings. The van der Waals surface area contributed by atoms with E-state index in [1.165, 1.54) is 24.2 Å². The summed E-state index contributed by atoms with van der Waals surface area (Å²) in [7, 11) is 5.47. The molecule has 1 aliphatic heterocycles. The number of piperidine rings is 1. The summed E-state index contributed by atoms with van der Waals surface area (Å²) in [5.74, 6) is 3.56. The number of imidazole rings is 1. The zero-order valence-electron chi connectivity index (χ0n) is 14.9. The van der Waals surface area contributed by atoms with Crippen molar-refractivity contribution in [2.45, 2.75) is 25.8 Å². The first kappa shape index (κ1) is 16.8. The molecule has 0 spiro atoms. The minimum Gasteiger partial charge on any atom is -0.497 e. The van der Waals surface area contributed by atoms with Gasteiger partial charge < -0.3 is 14.0 Å². The Labute approximate surface area is 144 Å². The molecule has 3 rings (SSSR count). The number of likely N-dealkylation sites (tertiary alicyclic amines) is 1. The summed E-state index contributed by atoms with van der Waals surface area (Å²) in [5, 5.41) is 0. The van der Waals surface area contributed by atoms with Gasteiger partial charge in [0.2, 0.25) is 0 Å². The van der Waals surface area contributed by atoms with Gasteiger partial charge in [-0.3, -0.25) is 4.90 Å². The van der Waals surface area contributed by atoms with Crippen LogP contribution < -0.4 is 9.47 Å². The van der Waals surface area contributed by atoms with Gasteiger partial charge in [0.1, 0.15) is 17.3 Å². The maximum Gasteiger partial charge on any atom is 0.122 e. The molecule has 0 amide bonds. The van der Waals surface area contributed by atoms with Crippen LogP contribution in [0.25, 0.3) is 0 Å². The van der Waals surface area contributed by atoms with E-state index in [4.69, 9.17) is 9.47 Å². The Morgan fingerprint density at radius 3 is 2.54 bits per heavy atom. The lowest BCUT2D eigenvalue weighted by Gasteiger charge is -2.32. The zero-order valence-corrected chi connectivity index (χ0v) is 14.9. The van der Waals surface area contributed by atoms with Crippen molar-refractivity contribution >= 4 is 0 Å². The van der Waals surface area contributed by atoms with Crippen LogP contribution in [0.2, 0.25) is 0 Å². The first-order valence-corrected chi connectivity index (χ1v) is 8.58. The van der Waals surface area contributed by atoms with Crippen molar-refractivity contribution in [3.63, 3.8) is 0 Å². The Morgan fingerprint density at radius 2 is 1.92 bits per heavy atom. The molecule has 5 heteroatoms. The molecule has 1 atom stereocenters. The molecule has 5 nitrogen and oxygen atoms in total. The number of aromatic nitrogens is 2. The van der Waals surface area contributed by atoms with Crippen LogP contribution in [-0.4, -0.2) is 41.8 Å². The molecule has 24 heavy (non-hydrogen) atoms. The Morgan fingerprint density at radius 1 is 1.17 bits per heavy atom. The van der Waals surface area contributed by atoms with Gasteiger partial charge >= 0.3 is 0 Å². The molecule has 0 saturated carbocycles. The molecular weight excluding hydrogens is 302 g/mol. The van der Waals surface area contributed by atoms with Crippen molar-refractivity contribution in [2.24, 2.45) is 13.0 Å². The first-order chi connectivity index (χ1) is 11.7. The third-order valence-electron chi connectivity index (χ3n) is 4.81. The third-order valence-corrected chi connectivity index (χ3v) is 4.81. The van der Waals surface area contributed by atoms with Crippen LogP contribution >= 0.6 is 0 Å². The van der Waals surface area contributed by atoms with Crippen molar-refractivity contribution in [1.29, 1.82) is 0 Å². The quantitative estimate of drug-likeness (QED) is 0.817. The number of methoxy groups -OCH3 is 2. The predicted octanol–water partition coefficient (Wildman–Crippen LogP) is 2.89. The van der Waals surface area contributed by atoms with Crippen molar-refractivity contribution < 1.29 is 9.47 Å². The lowest BCUT2D eigenvalue weighted by atomic mass is 9.94. The van der Waals surface area contributed by atoms with Crippen LogP contribution in [0.5, 0.6) is 11.5 Å². The average Bonchev–Trinajstić information content (AvgIpc) is 2.99. The van der Waals surface area contributed by atoms with Gasteiger partial charge in [0.05, 0.1) is 14.2 Å². The van der Waals surface area contributed by atoms with E-state index in [0.29, 0.717) is 5.92 Å². The van der Waals surface area contributed by atoms with Gasteiger partial charge in [0.25, 0.3) is 0 Å². The monoisotopic (exact) mass is 329 g/mol. The van der Waals surface area contributed by atoms with Gasteiger partial charge in [-0.1, -0.05) is 0 Å². The van der Waals surface area contributed by atoms with Gasteiger partial charge in [-0.05, 0) is 43.0 Å². The fraction of sp³-hybridized carbons (Fsp3) is 0.526. The van der Waals surface area contributed by atoms with Gasteiger partial charge in [0, 0.05) is 45.0 Å². The summed E-state index contributed by atoms with van der Waals surface area (Å²) in [5.41, 5.74) is 1.24. The van der Waals surface area contributed by atoms with Crippen LogP contribution in [0, 0.1) is 5.92 Å². The van der Waals surface area contributed by atoms with E-state index in [1.807, 2.05) is 18.5 Å². The zero-order chi connectivity index (χ0) is 16.9. The van der Waals surface area contributed by atoms with E-state index >= 15 is 0 Å². The summed E-state index contributed by atoms with van der Waals surface area (Å²) in [6.07, 6.45) is 7.50. The van der Waals surface area contributed by atoms with Gasteiger partial charge in [-0.15, -0.1) is 0 Å². The molecule has 0 N–H and O–H groups in total. The van der Waals surface area contributed by atoms with E-state index in [9.17, 15) is 0 Å². The standard InChI is InChI=1S/C19H27N3O2/c1-21-8-6-20-19(21)11-15-5-4-7-22(13-15)14-16-9-17(23-2)12-18(10-16)24-3/h6,8-10,12,15H,4-5,7,11,13-14H2,1-3H3/t15-/m0/s1. The average molecular weight is 329 g/mol. The van der Waals surface area contributed by atoms with Crippen LogP contribution in [0.1, 0.15) is 24.2 Å². The van der Waals surface area contributed by atoms with Crippen LogP contribution in [0.3, 0.4) is 0 Å². The van der Waals surface area contributed by atoms with E-state index in [-0.39, 0.29) is 0 Å². The largest absolute Gasteiger partial charge is 0.497 e. The molecule has 0 radical (unpaired) electrons. The molecule has 1 aliphatic rings. The highest BCUT2D eigenvalue weighted by molar-refractivity contribution is 5.38. The molecule has 130 valence electrons. The Bertz CT molecular complexity index is 646. The molecule has 0 aliphatic carbocycles. The molecule has 2 aromatic rings. The highest BCUT2D eigenvalue weighted by atomic mass is 16.5. The summed E-state index contributed by atoms with van der Waals surface area (Å²) in [6.45, 7) is 3.20. The second-order valence-corrected chi connectivity index (χ2v) is 6.62. The van der Waals surface area contributed by atoms with Gasteiger partial charge in [-0.2, -0.15) is 0 Å². The molecule has 0 unspecified atom stereocenters. The number of benzene rings is 1. The van der Waals surface area contributed by atoms with E-state index < -0.39 is 0 Å². The third kappa shape index (κ3) is 4.09. The van der Waals surface area contributed by atoms with Crippen LogP contribution in [0.4, 0.5) is 0 Å². The normalized spacial score (nSPS) is 18.5. The SMILES string of the molecule is COc1cc(CN2CCC[C@@H](Cc3nccn3C)C2)cc(OC)c1. The minimum absolute atomic E-state index is 0.673. The van der Waals surface area contributed by atoms with Crippen molar-refractivity contribution in [3.05, 3.63) is 42.0 Å². The molecular formula is C19H27N3O2. The molecule has 1 aromatic heterocycles. The number of ether oxygens (including phenoxy) is 2. The highest BCUT2D eigenvalue weighted by Gasteiger charge is 2.21. The minimum atomic E-state index is 0.673. The number of hydrogen-bond donors (Lipinski definition) is 0. The predicted molar refractivity (Wildman–Crippen MR) is 94.5 cm³/mol. The Balaban J connectivity index is 1.64. The van der Waals surface area contributed by atoms with Crippen LogP contribution in [-0.2, 0) is 20.0 Å².